The summed E-state index contributed by atoms with van der Waals surface area (Å²) >= 11 is 6.10. The second-order valence-electron chi connectivity index (χ2n) is 6.38. The second kappa shape index (κ2) is 5.26. The Bertz CT molecular complexity index is 673. The zero-order valence-electron chi connectivity index (χ0n) is 12.3. The molecule has 2 aromatic rings. The number of benzene rings is 1. The minimum Gasteiger partial charge on any atom is -0.361 e. The Morgan fingerprint density at radius 1 is 1.43 bits per heavy atom. The highest BCUT2D eigenvalue weighted by atomic mass is 35.5. The van der Waals surface area contributed by atoms with E-state index in [9.17, 15) is 4.79 Å². The summed E-state index contributed by atoms with van der Waals surface area (Å²) in [4.78, 5) is 15.0. The van der Waals surface area contributed by atoms with Gasteiger partial charge in [0.25, 0.3) is 0 Å². The van der Waals surface area contributed by atoms with E-state index in [4.69, 9.17) is 11.6 Å². The molecule has 1 fully saturated rings. The molecule has 2 amide bonds. The summed E-state index contributed by atoms with van der Waals surface area (Å²) in [6.07, 6.45) is 4.19. The van der Waals surface area contributed by atoms with Gasteiger partial charge in [0.1, 0.15) is 0 Å². The smallest absolute Gasteiger partial charge is 0.315 e. The van der Waals surface area contributed by atoms with E-state index in [0.29, 0.717) is 12.6 Å². The van der Waals surface area contributed by atoms with Gasteiger partial charge in [-0.2, -0.15) is 0 Å². The van der Waals surface area contributed by atoms with Crippen LogP contribution in [0.15, 0.2) is 24.4 Å². The summed E-state index contributed by atoms with van der Waals surface area (Å²) in [5.41, 5.74) is 2.04. The van der Waals surface area contributed by atoms with Crippen LogP contribution in [0, 0.1) is 0 Å². The number of urea groups is 1. The molecule has 0 saturated heterocycles. The molecular weight excluding hydrogens is 286 g/mol. The van der Waals surface area contributed by atoms with Crippen molar-refractivity contribution in [2.45, 2.75) is 38.1 Å². The maximum absolute atomic E-state index is 11.8. The predicted octanol–water partition coefficient (Wildman–Crippen LogP) is 3.56. The summed E-state index contributed by atoms with van der Waals surface area (Å²) in [6, 6.07) is 6.11. The van der Waals surface area contributed by atoms with Gasteiger partial charge in [0.15, 0.2) is 0 Å². The number of H-pyrrole nitrogens is 1. The van der Waals surface area contributed by atoms with E-state index in [1.165, 1.54) is 0 Å². The molecule has 0 spiro atoms. The number of hydrogen-bond acceptors (Lipinski definition) is 1. The van der Waals surface area contributed by atoms with Crippen LogP contribution in [-0.2, 0) is 5.41 Å². The van der Waals surface area contributed by atoms with Gasteiger partial charge in [-0.05, 0) is 36.6 Å². The molecule has 0 bridgehead atoms. The zero-order valence-corrected chi connectivity index (χ0v) is 13.1. The van der Waals surface area contributed by atoms with E-state index in [1.54, 1.807) is 0 Å². The van der Waals surface area contributed by atoms with Crippen molar-refractivity contribution in [1.82, 2.24) is 15.6 Å². The Balaban J connectivity index is 1.75. The third kappa shape index (κ3) is 3.16. The molecule has 4 nitrogen and oxygen atoms in total. The highest BCUT2D eigenvalue weighted by Crippen LogP contribution is 2.31. The van der Waals surface area contributed by atoms with Gasteiger partial charge in [0.2, 0.25) is 0 Å². The summed E-state index contributed by atoms with van der Waals surface area (Å²) < 4.78 is 0. The zero-order chi connectivity index (χ0) is 15.0. The minimum atomic E-state index is -0.177. The van der Waals surface area contributed by atoms with Gasteiger partial charge in [-0.25, -0.2) is 4.79 Å². The molecule has 0 atom stereocenters. The van der Waals surface area contributed by atoms with Crippen LogP contribution in [0.3, 0.4) is 0 Å². The Morgan fingerprint density at radius 2 is 2.19 bits per heavy atom. The summed E-state index contributed by atoms with van der Waals surface area (Å²) in [5, 5.41) is 7.73. The fourth-order valence-electron chi connectivity index (χ4n) is 2.51. The van der Waals surface area contributed by atoms with E-state index in [2.05, 4.69) is 29.5 Å². The first-order valence-electron chi connectivity index (χ1n) is 7.27. The number of rotatable bonds is 4. The van der Waals surface area contributed by atoms with E-state index in [-0.39, 0.29) is 11.4 Å². The normalized spacial score (nSPS) is 15.2. The Labute approximate surface area is 129 Å². The summed E-state index contributed by atoms with van der Waals surface area (Å²) in [5.74, 6) is 0. The lowest BCUT2D eigenvalue weighted by Gasteiger charge is -2.25. The largest absolute Gasteiger partial charge is 0.361 e. The molecule has 3 rings (SSSR count). The van der Waals surface area contributed by atoms with Crippen molar-refractivity contribution in [2.75, 3.05) is 6.54 Å². The fraction of sp³-hybridized carbons (Fsp3) is 0.438. The molecule has 112 valence electrons. The van der Waals surface area contributed by atoms with Gasteiger partial charge in [0, 0.05) is 40.1 Å². The SMILES string of the molecule is CC(C)(CNC(=O)NC1CC1)c1c[nH]c2ccc(Cl)cc12. The van der Waals surface area contributed by atoms with Crippen molar-refractivity contribution in [3.63, 3.8) is 0 Å². The minimum absolute atomic E-state index is 0.0801. The standard InChI is InChI=1S/C16H20ClN3O/c1-16(2,9-19-15(21)20-11-4-5-11)13-8-18-14-6-3-10(17)7-12(13)14/h3,6-8,11,18H,4-5,9H2,1-2H3,(H2,19,20,21). The van der Waals surface area contributed by atoms with Crippen molar-refractivity contribution in [2.24, 2.45) is 0 Å². The van der Waals surface area contributed by atoms with Crippen LogP contribution >= 0.6 is 11.6 Å². The molecule has 1 aromatic heterocycles. The average molecular weight is 306 g/mol. The van der Waals surface area contributed by atoms with Crippen molar-refractivity contribution in [3.8, 4) is 0 Å². The van der Waals surface area contributed by atoms with Crippen molar-refractivity contribution in [1.29, 1.82) is 0 Å². The van der Waals surface area contributed by atoms with Gasteiger partial charge >= 0.3 is 6.03 Å². The van der Waals surface area contributed by atoms with Crippen LogP contribution in [0.5, 0.6) is 0 Å². The number of nitrogens with one attached hydrogen (secondary N) is 3. The summed E-state index contributed by atoms with van der Waals surface area (Å²) in [6.45, 7) is 4.81. The fourth-order valence-corrected chi connectivity index (χ4v) is 2.69. The molecule has 5 heteroatoms. The predicted molar refractivity (Wildman–Crippen MR) is 85.9 cm³/mol. The lowest BCUT2D eigenvalue weighted by Crippen LogP contribution is -2.43. The number of carbonyl (C=O) groups excluding carboxylic acids is 1. The molecule has 1 aliphatic rings. The Kier molecular flexibility index (Phi) is 3.57. The molecule has 0 aliphatic heterocycles. The number of hydrogen-bond donors (Lipinski definition) is 3. The van der Waals surface area contributed by atoms with Crippen LogP contribution in [0.25, 0.3) is 10.9 Å². The lowest BCUT2D eigenvalue weighted by molar-refractivity contribution is 0.238. The number of aromatic nitrogens is 1. The average Bonchev–Trinajstić information content (AvgIpc) is 3.13. The van der Waals surface area contributed by atoms with Gasteiger partial charge < -0.3 is 15.6 Å². The van der Waals surface area contributed by atoms with Crippen LogP contribution < -0.4 is 10.6 Å². The van der Waals surface area contributed by atoms with Crippen molar-refractivity contribution in [3.05, 3.63) is 35.0 Å². The van der Waals surface area contributed by atoms with Crippen LogP contribution in [0.1, 0.15) is 32.3 Å². The lowest BCUT2D eigenvalue weighted by atomic mass is 9.84. The number of fused-ring (bicyclic) bond motifs is 1. The highest BCUT2D eigenvalue weighted by molar-refractivity contribution is 6.31. The molecule has 1 aliphatic carbocycles. The number of aromatic amines is 1. The van der Waals surface area contributed by atoms with Gasteiger partial charge in [-0.15, -0.1) is 0 Å². The third-order valence-electron chi connectivity index (χ3n) is 3.98. The van der Waals surface area contributed by atoms with Crippen LogP contribution in [0.4, 0.5) is 4.79 Å². The number of halogens is 1. The highest BCUT2D eigenvalue weighted by Gasteiger charge is 2.27. The van der Waals surface area contributed by atoms with Gasteiger partial charge in [-0.3, -0.25) is 0 Å². The van der Waals surface area contributed by atoms with Crippen molar-refractivity contribution >= 4 is 28.5 Å². The molecule has 3 N–H and O–H groups in total. The van der Waals surface area contributed by atoms with Gasteiger partial charge in [0.05, 0.1) is 0 Å². The van der Waals surface area contributed by atoms with Crippen molar-refractivity contribution < 1.29 is 4.79 Å². The molecule has 21 heavy (non-hydrogen) atoms. The number of carbonyl (C=O) groups is 1. The molecular formula is C16H20ClN3O. The monoisotopic (exact) mass is 305 g/mol. The topological polar surface area (TPSA) is 56.9 Å². The van der Waals surface area contributed by atoms with E-state index >= 15 is 0 Å². The van der Waals surface area contributed by atoms with E-state index in [1.807, 2.05) is 24.4 Å². The van der Waals surface area contributed by atoms with Crippen LogP contribution in [-0.4, -0.2) is 23.6 Å². The Morgan fingerprint density at radius 3 is 2.90 bits per heavy atom. The maximum atomic E-state index is 11.8. The molecule has 1 aromatic carbocycles. The first-order chi connectivity index (χ1) is 9.95. The molecule has 0 unspecified atom stereocenters. The summed E-state index contributed by atoms with van der Waals surface area (Å²) in [7, 11) is 0. The Hall–Kier alpha value is -1.68. The van der Waals surface area contributed by atoms with E-state index in [0.717, 1.165) is 34.3 Å². The molecule has 0 radical (unpaired) electrons. The first kappa shape index (κ1) is 14.3. The molecule has 1 heterocycles. The first-order valence-corrected chi connectivity index (χ1v) is 7.65. The number of amides is 2. The van der Waals surface area contributed by atoms with Gasteiger partial charge in [-0.1, -0.05) is 25.4 Å². The van der Waals surface area contributed by atoms with E-state index < -0.39 is 0 Å². The van der Waals surface area contributed by atoms with Crippen LogP contribution in [0.2, 0.25) is 5.02 Å². The third-order valence-corrected chi connectivity index (χ3v) is 4.21. The quantitative estimate of drug-likeness (QED) is 0.795. The molecule has 1 saturated carbocycles. The maximum Gasteiger partial charge on any atom is 0.315 e. The second-order valence-corrected chi connectivity index (χ2v) is 6.81.